The first-order valence-corrected chi connectivity index (χ1v) is 17.4. The Bertz CT molecular complexity index is 2120. The number of piperidine rings is 1. The minimum Gasteiger partial charge on any atom is -0.504 e. The molecule has 1 aliphatic rings. The largest absolute Gasteiger partial charge is 0.504 e. The van der Waals surface area contributed by atoms with Gasteiger partial charge in [0.2, 0.25) is 0 Å². The van der Waals surface area contributed by atoms with E-state index in [2.05, 4.69) is 15.7 Å². The molecule has 4 aromatic rings. The number of aromatic hydroxyl groups is 1. The summed E-state index contributed by atoms with van der Waals surface area (Å²) in [5.74, 6) is -0.421. The average Bonchev–Trinajstić information content (AvgIpc) is 3.15. The summed E-state index contributed by atoms with van der Waals surface area (Å²) in [7, 11) is 2.76. The minimum absolute atomic E-state index is 0.0515. The van der Waals surface area contributed by atoms with Crippen LogP contribution in [0.1, 0.15) is 55.9 Å². The predicted octanol–water partition coefficient (Wildman–Crippen LogP) is 7.80. The number of ether oxygens (including phenoxy) is 3. The number of phenolic OH excluding ortho intramolecular Hbond substituents is 1. The normalized spacial score (nSPS) is 13.2. The molecule has 11 nitrogen and oxygen atoms in total. The summed E-state index contributed by atoms with van der Waals surface area (Å²) in [5, 5.41) is 30.1. The lowest BCUT2D eigenvalue weighted by atomic mass is 9.89. The van der Waals surface area contributed by atoms with Gasteiger partial charge in [-0.15, -0.1) is 0 Å². The van der Waals surface area contributed by atoms with Gasteiger partial charge in [-0.3, -0.25) is 0 Å². The van der Waals surface area contributed by atoms with Crippen molar-refractivity contribution >= 4 is 24.0 Å². The third kappa shape index (κ3) is 9.14. The highest BCUT2D eigenvalue weighted by Crippen LogP contribution is 2.42. The van der Waals surface area contributed by atoms with E-state index in [0.29, 0.717) is 66.1 Å². The van der Waals surface area contributed by atoms with Crippen LogP contribution in [0.5, 0.6) is 11.5 Å². The number of carbonyl (C=O) groups excluding carboxylic acids is 2. The van der Waals surface area contributed by atoms with E-state index in [1.165, 1.54) is 38.5 Å². The maximum absolute atomic E-state index is 15.1. The van der Waals surface area contributed by atoms with Gasteiger partial charge in [-0.1, -0.05) is 36.4 Å². The number of anilines is 1. The van der Waals surface area contributed by atoms with Crippen LogP contribution in [0.3, 0.4) is 0 Å². The zero-order chi connectivity index (χ0) is 39.0. The smallest absolute Gasteiger partial charge is 0.410 e. The maximum atomic E-state index is 15.1. The molecular weight excluding hydrogens is 689 g/mol. The molecular formula is C42H42FN5O6. The molecule has 1 saturated heterocycles. The number of rotatable bonds is 10. The van der Waals surface area contributed by atoms with Crippen molar-refractivity contribution in [2.75, 3.05) is 32.2 Å². The zero-order valence-electron chi connectivity index (χ0n) is 30.9. The van der Waals surface area contributed by atoms with Gasteiger partial charge in [0.1, 0.15) is 23.3 Å². The molecule has 0 atom stereocenters. The van der Waals surface area contributed by atoms with Crippen molar-refractivity contribution in [3.63, 3.8) is 0 Å². The van der Waals surface area contributed by atoms with Crippen LogP contribution in [0.15, 0.2) is 72.9 Å². The number of hydrogen-bond acceptors (Lipinski definition) is 10. The molecule has 0 spiro atoms. The van der Waals surface area contributed by atoms with Crippen molar-refractivity contribution in [1.82, 2.24) is 9.88 Å². The minimum atomic E-state index is -0.710. The fourth-order valence-corrected chi connectivity index (χ4v) is 6.44. The Hall–Kier alpha value is -6.40. The number of carbonyl (C=O) groups is 2. The van der Waals surface area contributed by atoms with E-state index in [-0.39, 0.29) is 29.5 Å². The highest BCUT2D eigenvalue weighted by Gasteiger charge is 2.33. The molecule has 3 aromatic carbocycles. The van der Waals surface area contributed by atoms with Crippen molar-refractivity contribution in [1.29, 1.82) is 10.5 Å². The molecule has 0 aliphatic carbocycles. The number of hydrogen-bond donors (Lipinski definition) is 1. The summed E-state index contributed by atoms with van der Waals surface area (Å²) in [5.41, 5.74) is 3.57. The highest BCUT2D eigenvalue weighted by atomic mass is 19.1. The van der Waals surface area contributed by atoms with E-state index in [9.17, 15) is 25.2 Å². The quantitative estimate of drug-likeness (QED) is 0.127. The van der Waals surface area contributed by atoms with E-state index in [0.717, 1.165) is 11.1 Å². The first-order chi connectivity index (χ1) is 25.8. The second-order valence-electron chi connectivity index (χ2n) is 13.8. The van der Waals surface area contributed by atoms with Crippen molar-refractivity contribution in [2.45, 2.75) is 58.2 Å². The van der Waals surface area contributed by atoms with Gasteiger partial charge in [0, 0.05) is 49.1 Å². The van der Waals surface area contributed by atoms with Crippen LogP contribution < -0.4 is 9.64 Å². The van der Waals surface area contributed by atoms with Crippen LogP contribution in [0, 0.1) is 28.5 Å². The molecule has 0 unspecified atom stereocenters. The van der Waals surface area contributed by atoms with E-state index in [4.69, 9.17) is 14.5 Å². The number of methoxy groups -OCH3 is 2. The van der Waals surface area contributed by atoms with E-state index < -0.39 is 23.5 Å². The third-order valence-corrected chi connectivity index (χ3v) is 9.06. The van der Waals surface area contributed by atoms with Crippen LogP contribution in [-0.2, 0) is 27.2 Å². The Balaban J connectivity index is 1.48. The zero-order valence-corrected chi connectivity index (χ0v) is 30.9. The van der Waals surface area contributed by atoms with Crippen LogP contribution in [0.4, 0.5) is 15.0 Å². The fraction of sp³-hybridized carbons (Fsp3) is 0.310. The lowest BCUT2D eigenvalue weighted by Crippen LogP contribution is -2.48. The molecule has 1 aromatic heterocycles. The van der Waals surface area contributed by atoms with Gasteiger partial charge < -0.3 is 29.1 Å². The first kappa shape index (κ1) is 38.8. The second-order valence-corrected chi connectivity index (χ2v) is 13.8. The lowest BCUT2D eigenvalue weighted by molar-refractivity contribution is -0.134. The maximum Gasteiger partial charge on any atom is 0.410 e. The standard InChI is InChI=1S/C42H42FN5O6/c1-42(2,3)54-41(51)48(26-28-8-6-27(7-9-28)10-15-38(50)53-5)32-17-20-47(21-18-32)40-33(16-19-44)39(30-11-12-31(24-45)35(43)22-30)34(25-46-40)29-13-14-37(52-4)36(49)23-29/h6-15,22-23,25,32,49H,16-18,20-21,26H2,1-5H3/b15-10+. The Labute approximate surface area is 314 Å². The van der Waals surface area contributed by atoms with Gasteiger partial charge in [0.25, 0.3) is 0 Å². The molecule has 5 rings (SSSR count). The summed E-state index contributed by atoms with van der Waals surface area (Å²) < 4.78 is 30.9. The second kappa shape index (κ2) is 17.0. The molecule has 1 N–H and O–H groups in total. The van der Waals surface area contributed by atoms with Gasteiger partial charge in [-0.05, 0) is 91.8 Å². The van der Waals surface area contributed by atoms with Crippen LogP contribution in [0.2, 0.25) is 0 Å². The molecule has 1 aliphatic heterocycles. The highest BCUT2D eigenvalue weighted by molar-refractivity contribution is 5.89. The van der Waals surface area contributed by atoms with Crippen LogP contribution >= 0.6 is 0 Å². The number of esters is 1. The van der Waals surface area contributed by atoms with Gasteiger partial charge in [-0.25, -0.2) is 19.0 Å². The number of aromatic nitrogens is 1. The fourth-order valence-electron chi connectivity index (χ4n) is 6.44. The van der Waals surface area contributed by atoms with Crippen LogP contribution in [-0.4, -0.2) is 66.0 Å². The third-order valence-electron chi connectivity index (χ3n) is 9.06. The molecule has 0 saturated carbocycles. The lowest BCUT2D eigenvalue weighted by Gasteiger charge is -2.40. The summed E-state index contributed by atoms with van der Waals surface area (Å²) in [4.78, 5) is 33.8. The van der Waals surface area contributed by atoms with Crippen molar-refractivity contribution in [2.24, 2.45) is 0 Å². The summed E-state index contributed by atoms with van der Waals surface area (Å²) in [6.45, 7) is 6.77. The molecule has 0 radical (unpaired) electrons. The van der Waals surface area contributed by atoms with Gasteiger partial charge >= 0.3 is 12.1 Å². The molecule has 12 heteroatoms. The van der Waals surface area contributed by atoms with E-state index in [1.807, 2.05) is 51.1 Å². The van der Waals surface area contributed by atoms with Gasteiger partial charge in [0.05, 0.1) is 32.3 Å². The summed E-state index contributed by atoms with van der Waals surface area (Å²) >= 11 is 0. The molecule has 1 amide bonds. The average molecular weight is 732 g/mol. The molecule has 2 heterocycles. The number of nitrogens with zero attached hydrogens (tertiary/aromatic N) is 5. The Morgan fingerprint density at radius 2 is 1.74 bits per heavy atom. The van der Waals surface area contributed by atoms with Crippen molar-refractivity contribution < 1.29 is 33.3 Å². The van der Waals surface area contributed by atoms with Gasteiger partial charge in [-0.2, -0.15) is 10.5 Å². The molecule has 278 valence electrons. The number of phenols is 1. The summed E-state index contributed by atoms with van der Waals surface area (Å²) in [6.07, 6.45) is 5.30. The number of nitriles is 2. The monoisotopic (exact) mass is 731 g/mol. The Morgan fingerprint density at radius 1 is 1.04 bits per heavy atom. The van der Waals surface area contributed by atoms with Crippen molar-refractivity contribution in [3.05, 3.63) is 101 Å². The SMILES string of the molecule is COC(=O)/C=C/c1ccc(CN(C(=O)OC(C)(C)C)C2CCN(c3ncc(-c4ccc(OC)c(O)c4)c(-c4ccc(C#N)c(F)c4)c3CC#N)CC2)cc1. The number of benzene rings is 3. The molecule has 0 bridgehead atoms. The predicted molar refractivity (Wildman–Crippen MR) is 202 cm³/mol. The topological polar surface area (TPSA) is 149 Å². The van der Waals surface area contributed by atoms with Crippen LogP contribution in [0.25, 0.3) is 28.3 Å². The Morgan fingerprint density at radius 3 is 2.33 bits per heavy atom. The van der Waals surface area contributed by atoms with E-state index in [1.54, 1.807) is 35.4 Å². The van der Waals surface area contributed by atoms with Gasteiger partial charge in [0.15, 0.2) is 11.5 Å². The molecule has 1 fully saturated rings. The van der Waals surface area contributed by atoms with Crippen molar-refractivity contribution in [3.8, 4) is 45.9 Å². The number of halogens is 1. The molecule has 54 heavy (non-hydrogen) atoms. The Kier molecular flexibility index (Phi) is 12.2. The van der Waals surface area contributed by atoms with E-state index >= 15 is 4.39 Å². The first-order valence-electron chi connectivity index (χ1n) is 17.4. The summed E-state index contributed by atoms with van der Waals surface area (Å²) in [6, 6.07) is 20.7. The number of pyridine rings is 1. The number of amides is 1.